The van der Waals surface area contributed by atoms with Crippen LogP contribution < -0.4 is 5.73 Å². The van der Waals surface area contributed by atoms with Crippen molar-refractivity contribution in [3.63, 3.8) is 0 Å². The predicted octanol–water partition coefficient (Wildman–Crippen LogP) is 2.62. The molecule has 1 atom stereocenters. The molecule has 0 aromatic heterocycles. The van der Waals surface area contributed by atoms with Gasteiger partial charge in [-0.15, -0.1) is 0 Å². The number of aryl methyl sites for hydroxylation is 1. The third-order valence-electron chi connectivity index (χ3n) is 3.44. The third kappa shape index (κ3) is 2.37. The lowest BCUT2D eigenvalue weighted by atomic mass is 9.80. The average Bonchev–Trinajstić information content (AvgIpc) is 2.71. The van der Waals surface area contributed by atoms with Gasteiger partial charge in [-0.3, -0.25) is 0 Å². The Labute approximate surface area is 96.4 Å². The molecule has 1 nitrogen and oxygen atoms in total. The van der Waals surface area contributed by atoms with Crippen molar-refractivity contribution >= 4 is 11.8 Å². The second kappa shape index (κ2) is 4.58. The summed E-state index contributed by atoms with van der Waals surface area (Å²) in [4.78, 5) is 0. The zero-order chi connectivity index (χ0) is 10.7. The summed E-state index contributed by atoms with van der Waals surface area (Å²) in [5, 5.41) is 0. The lowest BCUT2D eigenvalue weighted by molar-refractivity contribution is 0.345. The first kappa shape index (κ1) is 11.0. The monoisotopic (exact) mass is 221 g/mol. The fourth-order valence-corrected chi connectivity index (χ4v) is 3.75. The second-order valence-electron chi connectivity index (χ2n) is 4.61. The number of rotatable bonds is 3. The molecule has 2 rings (SSSR count). The zero-order valence-electron chi connectivity index (χ0n) is 9.33. The maximum Gasteiger partial charge on any atom is 0.000477 e. The largest absolute Gasteiger partial charge is 0.330 e. The van der Waals surface area contributed by atoms with E-state index < -0.39 is 0 Å². The lowest BCUT2D eigenvalue weighted by Crippen LogP contribution is -2.32. The van der Waals surface area contributed by atoms with E-state index in [-0.39, 0.29) is 0 Å². The first-order valence-electron chi connectivity index (χ1n) is 5.58. The molecular weight excluding hydrogens is 202 g/mol. The molecule has 0 saturated carbocycles. The van der Waals surface area contributed by atoms with Gasteiger partial charge in [0.1, 0.15) is 0 Å². The van der Waals surface area contributed by atoms with Crippen molar-refractivity contribution in [2.24, 2.45) is 11.1 Å². The van der Waals surface area contributed by atoms with Crippen LogP contribution in [0, 0.1) is 12.3 Å². The Morgan fingerprint density at radius 2 is 2.20 bits per heavy atom. The number of benzene rings is 1. The smallest absolute Gasteiger partial charge is 0.000477 e. The molecule has 1 aromatic carbocycles. The third-order valence-corrected chi connectivity index (χ3v) is 4.75. The Kier molecular flexibility index (Phi) is 3.37. The highest BCUT2D eigenvalue weighted by Crippen LogP contribution is 2.38. The van der Waals surface area contributed by atoms with Crippen molar-refractivity contribution in [1.29, 1.82) is 0 Å². The normalized spacial score (nSPS) is 25.7. The summed E-state index contributed by atoms with van der Waals surface area (Å²) >= 11 is 2.05. The maximum absolute atomic E-state index is 5.95. The Morgan fingerprint density at radius 3 is 2.80 bits per heavy atom. The lowest BCUT2D eigenvalue weighted by Gasteiger charge is -2.27. The van der Waals surface area contributed by atoms with Crippen LogP contribution in [0.25, 0.3) is 0 Å². The van der Waals surface area contributed by atoms with Gasteiger partial charge < -0.3 is 5.73 Å². The van der Waals surface area contributed by atoms with Gasteiger partial charge in [-0.05, 0) is 48.6 Å². The summed E-state index contributed by atoms with van der Waals surface area (Å²) < 4.78 is 0. The van der Waals surface area contributed by atoms with E-state index in [0.717, 1.165) is 13.0 Å². The van der Waals surface area contributed by atoms with Crippen LogP contribution in [-0.2, 0) is 6.42 Å². The van der Waals surface area contributed by atoms with Crippen molar-refractivity contribution in [2.45, 2.75) is 19.8 Å². The molecule has 1 aromatic rings. The summed E-state index contributed by atoms with van der Waals surface area (Å²) in [7, 11) is 0. The number of hydrogen-bond acceptors (Lipinski definition) is 2. The molecule has 1 aliphatic heterocycles. The van der Waals surface area contributed by atoms with Crippen LogP contribution in [0.15, 0.2) is 24.3 Å². The summed E-state index contributed by atoms with van der Waals surface area (Å²) in [6, 6.07) is 8.68. The molecule has 2 heteroatoms. The highest BCUT2D eigenvalue weighted by molar-refractivity contribution is 7.99. The van der Waals surface area contributed by atoms with Gasteiger partial charge in [-0.1, -0.05) is 24.3 Å². The van der Waals surface area contributed by atoms with E-state index in [9.17, 15) is 0 Å². The topological polar surface area (TPSA) is 26.0 Å². The van der Waals surface area contributed by atoms with Crippen LogP contribution in [0.5, 0.6) is 0 Å². The van der Waals surface area contributed by atoms with Crippen LogP contribution in [0.2, 0.25) is 0 Å². The number of thioether (sulfide) groups is 1. The molecule has 15 heavy (non-hydrogen) atoms. The van der Waals surface area contributed by atoms with Gasteiger partial charge in [0.05, 0.1) is 0 Å². The van der Waals surface area contributed by atoms with Crippen molar-refractivity contribution in [3.05, 3.63) is 35.4 Å². The van der Waals surface area contributed by atoms with Crippen LogP contribution in [0.3, 0.4) is 0 Å². The maximum atomic E-state index is 5.95. The minimum absolute atomic E-state index is 0.372. The summed E-state index contributed by atoms with van der Waals surface area (Å²) in [5.74, 6) is 2.51. The van der Waals surface area contributed by atoms with Gasteiger partial charge >= 0.3 is 0 Å². The molecular formula is C13H19NS. The van der Waals surface area contributed by atoms with Crippen molar-refractivity contribution in [3.8, 4) is 0 Å². The Hall–Kier alpha value is -0.470. The Morgan fingerprint density at radius 1 is 1.40 bits per heavy atom. The molecule has 1 aliphatic rings. The first-order valence-corrected chi connectivity index (χ1v) is 6.74. The van der Waals surface area contributed by atoms with Gasteiger partial charge in [0.15, 0.2) is 0 Å². The average molecular weight is 221 g/mol. The standard InChI is InChI=1S/C13H19NS/c1-11-4-2-3-5-12(11)8-13(9-14)6-7-15-10-13/h2-5H,6-10,14H2,1H3. The minimum atomic E-state index is 0.372. The number of nitrogens with two attached hydrogens (primary N) is 1. The summed E-state index contributed by atoms with van der Waals surface area (Å²) in [6.45, 7) is 3.02. The van der Waals surface area contributed by atoms with Crippen molar-refractivity contribution < 1.29 is 0 Å². The highest BCUT2D eigenvalue weighted by atomic mass is 32.2. The van der Waals surface area contributed by atoms with E-state index in [2.05, 4.69) is 43.0 Å². The molecule has 1 unspecified atom stereocenters. The molecule has 0 amide bonds. The van der Waals surface area contributed by atoms with Gasteiger partial charge in [0, 0.05) is 5.75 Å². The Bertz CT molecular complexity index is 329. The van der Waals surface area contributed by atoms with E-state index in [0.29, 0.717) is 5.41 Å². The van der Waals surface area contributed by atoms with Crippen LogP contribution in [0.4, 0.5) is 0 Å². The molecule has 0 radical (unpaired) electrons. The van der Waals surface area contributed by atoms with Gasteiger partial charge in [0.2, 0.25) is 0 Å². The van der Waals surface area contributed by atoms with E-state index in [1.807, 2.05) is 0 Å². The molecule has 0 aliphatic carbocycles. The molecule has 1 heterocycles. The fourth-order valence-electron chi connectivity index (χ4n) is 2.23. The quantitative estimate of drug-likeness (QED) is 0.849. The van der Waals surface area contributed by atoms with E-state index in [1.165, 1.54) is 29.1 Å². The van der Waals surface area contributed by atoms with E-state index in [4.69, 9.17) is 5.73 Å². The molecule has 0 spiro atoms. The second-order valence-corrected chi connectivity index (χ2v) is 5.72. The summed E-state index contributed by atoms with van der Waals surface area (Å²) in [6.07, 6.45) is 2.44. The number of hydrogen-bond donors (Lipinski definition) is 1. The molecule has 82 valence electrons. The van der Waals surface area contributed by atoms with Crippen LogP contribution in [0.1, 0.15) is 17.5 Å². The molecule has 0 bridgehead atoms. The fraction of sp³-hybridized carbons (Fsp3) is 0.538. The van der Waals surface area contributed by atoms with E-state index >= 15 is 0 Å². The van der Waals surface area contributed by atoms with Crippen LogP contribution >= 0.6 is 11.8 Å². The van der Waals surface area contributed by atoms with Crippen molar-refractivity contribution in [2.75, 3.05) is 18.1 Å². The van der Waals surface area contributed by atoms with Gasteiger partial charge in [-0.2, -0.15) is 11.8 Å². The highest BCUT2D eigenvalue weighted by Gasteiger charge is 2.33. The molecule has 1 saturated heterocycles. The van der Waals surface area contributed by atoms with Gasteiger partial charge in [-0.25, -0.2) is 0 Å². The van der Waals surface area contributed by atoms with Gasteiger partial charge in [0.25, 0.3) is 0 Å². The van der Waals surface area contributed by atoms with E-state index in [1.54, 1.807) is 0 Å². The predicted molar refractivity (Wildman–Crippen MR) is 68.3 cm³/mol. The summed E-state index contributed by atoms with van der Waals surface area (Å²) in [5.41, 5.74) is 9.21. The minimum Gasteiger partial charge on any atom is -0.330 e. The SMILES string of the molecule is Cc1ccccc1CC1(CN)CCSC1. The zero-order valence-corrected chi connectivity index (χ0v) is 10.1. The first-order chi connectivity index (χ1) is 7.26. The molecule has 2 N–H and O–H groups in total. The Balaban J connectivity index is 2.16. The molecule has 1 fully saturated rings. The van der Waals surface area contributed by atoms with Crippen LogP contribution in [-0.4, -0.2) is 18.1 Å². The van der Waals surface area contributed by atoms with Crippen molar-refractivity contribution in [1.82, 2.24) is 0 Å².